The van der Waals surface area contributed by atoms with Gasteiger partial charge in [0.15, 0.2) is 6.61 Å². The van der Waals surface area contributed by atoms with Crippen molar-refractivity contribution in [2.75, 3.05) is 17.7 Å². The number of nitrogens with one attached hydrogen (secondary N) is 1. The van der Waals surface area contributed by atoms with Gasteiger partial charge >= 0.3 is 0 Å². The predicted octanol–water partition coefficient (Wildman–Crippen LogP) is 2.09. The summed E-state index contributed by atoms with van der Waals surface area (Å²) in [4.78, 5) is 11.9. The number of carbonyl (C=O) groups excluding carboxylic acids is 1. The van der Waals surface area contributed by atoms with Gasteiger partial charge < -0.3 is 20.9 Å². The smallest absolute Gasteiger partial charge is 0.262 e. The lowest BCUT2D eigenvalue weighted by Gasteiger charge is -2.12. The molecule has 2 aromatic carbocycles. The lowest BCUT2D eigenvalue weighted by Crippen LogP contribution is -2.21. The number of rotatable bonds is 5. The minimum atomic E-state index is -0.276. The summed E-state index contributed by atoms with van der Waals surface area (Å²) in [5, 5.41) is 11.7. The second-order valence-electron chi connectivity index (χ2n) is 4.68. The number of aliphatic hydroxyl groups is 1. The molecule has 0 aliphatic carbocycles. The third-order valence-electron chi connectivity index (χ3n) is 3.05. The van der Waals surface area contributed by atoms with Crippen molar-refractivity contribution in [1.82, 2.24) is 0 Å². The molecule has 0 heterocycles. The number of nitrogen functional groups attached to an aromatic ring is 1. The molecule has 21 heavy (non-hydrogen) atoms. The van der Waals surface area contributed by atoms with Gasteiger partial charge in [0, 0.05) is 0 Å². The maximum Gasteiger partial charge on any atom is 0.262 e. The zero-order valence-corrected chi connectivity index (χ0v) is 11.8. The number of hydrogen-bond donors (Lipinski definition) is 3. The Kier molecular flexibility index (Phi) is 4.79. The number of nitrogens with two attached hydrogens (primary N) is 1. The monoisotopic (exact) mass is 286 g/mol. The van der Waals surface area contributed by atoms with E-state index in [-0.39, 0.29) is 19.1 Å². The lowest BCUT2D eigenvalue weighted by molar-refractivity contribution is -0.118. The molecular weight excluding hydrogens is 268 g/mol. The van der Waals surface area contributed by atoms with Crippen molar-refractivity contribution < 1.29 is 14.6 Å². The highest BCUT2D eigenvalue weighted by Crippen LogP contribution is 2.22. The molecule has 0 unspecified atom stereocenters. The average molecular weight is 286 g/mol. The number of aryl methyl sites for hydroxylation is 1. The molecule has 0 aliphatic heterocycles. The zero-order valence-electron chi connectivity index (χ0n) is 11.8. The van der Waals surface area contributed by atoms with Crippen molar-refractivity contribution >= 4 is 17.3 Å². The molecule has 2 rings (SSSR count). The third-order valence-corrected chi connectivity index (χ3v) is 3.05. The standard InChI is InChI=1S/C16H18N2O3/c1-11-3-2-4-14(17)16(11)18-15(20)10-21-13-7-5-12(9-19)6-8-13/h2-8,19H,9-10,17H2,1H3,(H,18,20). The Hall–Kier alpha value is -2.53. The number of carbonyl (C=O) groups is 1. The summed E-state index contributed by atoms with van der Waals surface area (Å²) in [6, 6.07) is 12.3. The Balaban J connectivity index is 1.92. The Morgan fingerprint density at radius 1 is 1.24 bits per heavy atom. The maximum atomic E-state index is 11.9. The molecular formula is C16H18N2O3. The molecule has 110 valence electrons. The quantitative estimate of drug-likeness (QED) is 0.735. The van der Waals surface area contributed by atoms with Crippen molar-refractivity contribution in [1.29, 1.82) is 0 Å². The summed E-state index contributed by atoms with van der Waals surface area (Å²) in [6.45, 7) is 1.75. The second-order valence-corrected chi connectivity index (χ2v) is 4.68. The molecule has 0 aliphatic rings. The van der Waals surface area contributed by atoms with Gasteiger partial charge in [-0.1, -0.05) is 24.3 Å². The number of hydrogen-bond acceptors (Lipinski definition) is 4. The Morgan fingerprint density at radius 2 is 1.95 bits per heavy atom. The van der Waals surface area contributed by atoms with Crippen LogP contribution in [0.3, 0.4) is 0 Å². The van der Waals surface area contributed by atoms with Gasteiger partial charge in [0.05, 0.1) is 18.0 Å². The van der Waals surface area contributed by atoms with E-state index in [4.69, 9.17) is 15.6 Å². The number of ether oxygens (including phenoxy) is 1. The number of para-hydroxylation sites is 1. The predicted molar refractivity (Wildman–Crippen MR) is 82.1 cm³/mol. The van der Waals surface area contributed by atoms with Crippen LogP contribution >= 0.6 is 0 Å². The molecule has 0 saturated heterocycles. The normalized spacial score (nSPS) is 10.2. The molecule has 0 spiro atoms. The van der Waals surface area contributed by atoms with Crippen LogP contribution in [0.15, 0.2) is 42.5 Å². The second kappa shape index (κ2) is 6.76. The van der Waals surface area contributed by atoms with E-state index in [2.05, 4.69) is 5.32 Å². The van der Waals surface area contributed by atoms with Crippen LogP contribution in [0, 0.1) is 6.92 Å². The van der Waals surface area contributed by atoms with E-state index < -0.39 is 0 Å². The number of aliphatic hydroxyl groups excluding tert-OH is 1. The highest BCUT2D eigenvalue weighted by Gasteiger charge is 2.08. The molecule has 1 amide bonds. The highest BCUT2D eigenvalue weighted by molar-refractivity contribution is 5.95. The third kappa shape index (κ3) is 3.97. The summed E-state index contributed by atoms with van der Waals surface area (Å²) in [6.07, 6.45) is 0. The summed E-state index contributed by atoms with van der Waals surface area (Å²) in [5.41, 5.74) is 8.66. The fourth-order valence-corrected chi connectivity index (χ4v) is 1.88. The molecule has 0 aromatic heterocycles. The van der Waals surface area contributed by atoms with Crippen molar-refractivity contribution in [3.63, 3.8) is 0 Å². The van der Waals surface area contributed by atoms with Crippen molar-refractivity contribution in [2.45, 2.75) is 13.5 Å². The van der Waals surface area contributed by atoms with Crippen LogP contribution in [0.4, 0.5) is 11.4 Å². The van der Waals surface area contributed by atoms with E-state index >= 15 is 0 Å². The van der Waals surface area contributed by atoms with E-state index in [0.717, 1.165) is 11.1 Å². The van der Waals surface area contributed by atoms with Gasteiger partial charge in [0.25, 0.3) is 5.91 Å². The van der Waals surface area contributed by atoms with Crippen molar-refractivity contribution in [3.8, 4) is 5.75 Å². The van der Waals surface area contributed by atoms with Crippen LogP contribution in [0.5, 0.6) is 5.75 Å². The lowest BCUT2D eigenvalue weighted by atomic mass is 10.1. The minimum Gasteiger partial charge on any atom is -0.484 e. The van der Waals surface area contributed by atoms with Crippen LogP contribution in [0.25, 0.3) is 0 Å². The first-order valence-electron chi connectivity index (χ1n) is 6.57. The molecule has 0 saturated carbocycles. The zero-order chi connectivity index (χ0) is 15.2. The summed E-state index contributed by atoms with van der Waals surface area (Å²) in [7, 11) is 0. The molecule has 0 atom stereocenters. The van der Waals surface area contributed by atoms with Gasteiger partial charge in [-0.3, -0.25) is 4.79 Å². The topological polar surface area (TPSA) is 84.6 Å². The van der Waals surface area contributed by atoms with Crippen LogP contribution in [-0.2, 0) is 11.4 Å². The van der Waals surface area contributed by atoms with E-state index in [0.29, 0.717) is 17.1 Å². The van der Waals surface area contributed by atoms with Crippen LogP contribution in [0.1, 0.15) is 11.1 Å². The molecule has 4 N–H and O–H groups in total. The maximum absolute atomic E-state index is 11.9. The summed E-state index contributed by atoms with van der Waals surface area (Å²) in [5.74, 6) is 0.294. The number of benzene rings is 2. The van der Waals surface area contributed by atoms with Gasteiger partial charge in [0.2, 0.25) is 0 Å². The first-order valence-corrected chi connectivity index (χ1v) is 6.57. The van der Waals surface area contributed by atoms with Crippen LogP contribution in [0.2, 0.25) is 0 Å². The Morgan fingerprint density at radius 3 is 2.57 bits per heavy atom. The van der Waals surface area contributed by atoms with Crippen molar-refractivity contribution in [2.24, 2.45) is 0 Å². The fourth-order valence-electron chi connectivity index (χ4n) is 1.88. The summed E-state index contributed by atoms with van der Waals surface area (Å²) < 4.78 is 5.38. The van der Waals surface area contributed by atoms with Gasteiger partial charge in [-0.25, -0.2) is 0 Å². The van der Waals surface area contributed by atoms with Gasteiger partial charge in [0.1, 0.15) is 5.75 Å². The van der Waals surface area contributed by atoms with E-state index in [9.17, 15) is 4.79 Å². The Bertz CT molecular complexity index is 604. The van der Waals surface area contributed by atoms with Crippen LogP contribution < -0.4 is 15.8 Å². The number of amides is 1. The first kappa shape index (κ1) is 14.9. The molecule has 0 fully saturated rings. The van der Waals surface area contributed by atoms with Gasteiger partial charge in [-0.05, 0) is 36.2 Å². The molecule has 5 heteroatoms. The highest BCUT2D eigenvalue weighted by atomic mass is 16.5. The van der Waals surface area contributed by atoms with E-state index in [1.54, 1.807) is 30.3 Å². The van der Waals surface area contributed by atoms with Gasteiger partial charge in [-0.2, -0.15) is 0 Å². The largest absolute Gasteiger partial charge is 0.484 e. The van der Waals surface area contributed by atoms with Gasteiger partial charge in [-0.15, -0.1) is 0 Å². The summed E-state index contributed by atoms with van der Waals surface area (Å²) >= 11 is 0. The minimum absolute atomic E-state index is 0.0205. The molecule has 0 radical (unpaired) electrons. The average Bonchev–Trinajstić information content (AvgIpc) is 2.49. The van der Waals surface area contributed by atoms with Crippen LogP contribution in [-0.4, -0.2) is 17.6 Å². The number of anilines is 2. The first-order chi connectivity index (χ1) is 10.1. The SMILES string of the molecule is Cc1cccc(N)c1NC(=O)COc1ccc(CO)cc1. The molecule has 2 aromatic rings. The van der Waals surface area contributed by atoms with Crippen molar-refractivity contribution in [3.05, 3.63) is 53.6 Å². The fraction of sp³-hybridized carbons (Fsp3) is 0.188. The molecule has 0 bridgehead atoms. The van der Waals surface area contributed by atoms with E-state index in [1.807, 2.05) is 19.1 Å². The van der Waals surface area contributed by atoms with E-state index in [1.165, 1.54) is 0 Å². The Labute approximate surface area is 123 Å². The molecule has 5 nitrogen and oxygen atoms in total.